The molecule has 5 nitrogen and oxygen atoms in total. The molecular formula is C52H38N2O3. The molecule has 0 N–H and O–H groups in total. The first kappa shape index (κ1) is 34.1. The van der Waals surface area contributed by atoms with Crippen LogP contribution in [0.3, 0.4) is 0 Å². The van der Waals surface area contributed by atoms with Gasteiger partial charge < -0.3 is 19.0 Å². The Morgan fingerprint density at radius 1 is 0.632 bits per heavy atom. The minimum absolute atomic E-state index is 0.0620. The molecular weight excluding hydrogens is 701 g/mol. The molecule has 2 heterocycles. The lowest BCUT2D eigenvalue weighted by atomic mass is 9.82. The van der Waals surface area contributed by atoms with Gasteiger partial charge in [-0.05, 0) is 112 Å². The average molecular weight is 739 g/mol. The Balaban J connectivity index is 1.17. The second-order valence-corrected chi connectivity index (χ2v) is 15.0. The Morgan fingerprint density at radius 3 is 2.14 bits per heavy atom. The van der Waals surface area contributed by atoms with Gasteiger partial charge in [0.1, 0.15) is 11.2 Å². The van der Waals surface area contributed by atoms with E-state index in [1.165, 1.54) is 16.7 Å². The quantitative estimate of drug-likeness (QED) is 0.120. The number of nitrogens with zero attached hydrogens (tertiary/aromatic N) is 2. The van der Waals surface area contributed by atoms with E-state index in [-0.39, 0.29) is 10.8 Å². The lowest BCUT2D eigenvalue weighted by molar-refractivity contribution is 0.477. The molecule has 1 aromatic heterocycles. The van der Waals surface area contributed by atoms with Crippen LogP contribution in [0.4, 0.5) is 34.1 Å². The maximum absolute atomic E-state index is 14.0. The zero-order chi connectivity index (χ0) is 38.8. The summed E-state index contributed by atoms with van der Waals surface area (Å²) in [6, 6.07) is 51.5. The number of anilines is 6. The number of hydrogen-bond donors (Lipinski definition) is 0. The standard InChI is InChI=1S/C52H38N2O3/c1-5-14-33(6-2)34-21-23-36(24-22-34)53(35-15-8-7-9-16-35)38-25-27-45-49(30-38)57-50-31-41-39-17-10-12-19-43(39)52(3,4)44(41)32-46(50)54(45)37-26-28-48-42(29-37)51(55)40-18-11-13-20-47(40)56-48/h5-32H,1-2H2,3-4H3/b33-14+. The molecule has 2 aliphatic rings. The van der Waals surface area contributed by atoms with Crippen molar-refractivity contribution in [3.8, 4) is 22.6 Å². The third-order valence-corrected chi connectivity index (χ3v) is 11.4. The van der Waals surface area contributed by atoms with Crippen LogP contribution in [0.5, 0.6) is 11.5 Å². The average Bonchev–Trinajstić information content (AvgIpc) is 3.47. The summed E-state index contributed by atoms with van der Waals surface area (Å²) in [6.45, 7) is 12.4. The first-order chi connectivity index (χ1) is 27.8. The van der Waals surface area contributed by atoms with Crippen LogP contribution in [0.15, 0.2) is 192 Å². The highest BCUT2D eigenvalue weighted by Crippen LogP contribution is 2.58. The van der Waals surface area contributed by atoms with Gasteiger partial charge in [0.15, 0.2) is 11.5 Å². The number of hydrogen-bond acceptors (Lipinski definition) is 5. The minimum Gasteiger partial charge on any atom is -0.456 e. The molecule has 1 aliphatic heterocycles. The van der Waals surface area contributed by atoms with Crippen LogP contribution in [0.25, 0.3) is 38.6 Å². The molecule has 0 saturated carbocycles. The number of rotatable bonds is 7. The first-order valence-electron chi connectivity index (χ1n) is 19.1. The fraction of sp³-hybridized carbons (Fsp3) is 0.0577. The molecule has 0 unspecified atom stereocenters. The second kappa shape index (κ2) is 13.1. The largest absolute Gasteiger partial charge is 0.456 e. The Hall–Kier alpha value is -7.37. The third-order valence-electron chi connectivity index (χ3n) is 11.4. The van der Waals surface area contributed by atoms with Gasteiger partial charge in [-0.3, -0.25) is 4.79 Å². The smallest absolute Gasteiger partial charge is 0.200 e. The lowest BCUT2D eigenvalue weighted by Crippen LogP contribution is -2.19. The molecule has 0 spiro atoms. The molecule has 7 aromatic carbocycles. The van der Waals surface area contributed by atoms with Gasteiger partial charge in [-0.1, -0.05) is 112 Å². The maximum Gasteiger partial charge on any atom is 0.200 e. The van der Waals surface area contributed by atoms with E-state index in [9.17, 15) is 4.79 Å². The number of allylic oxidation sites excluding steroid dienone is 4. The zero-order valence-electron chi connectivity index (χ0n) is 31.7. The van der Waals surface area contributed by atoms with Crippen LogP contribution in [0.1, 0.15) is 30.5 Å². The van der Waals surface area contributed by atoms with E-state index in [1.807, 2.05) is 72.8 Å². The van der Waals surface area contributed by atoms with E-state index >= 15 is 0 Å². The zero-order valence-corrected chi connectivity index (χ0v) is 31.7. The van der Waals surface area contributed by atoms with Gasteiger partial charge in [0.25, 0.3) is 0 Å². The van der Waals surface area contributed by atoms with E-state index in [0.717, 1.165) is 56.6 Å². The van der Waals surface area contributed by atoms with Crippen LogP contribution in [0, 0.1) is 0 Å². The molecule has 5 heteroatoms. The van der Waals surface area contributed by atoms with Crippen molar-refractivity contribution in [2.24, 2.45) is 0 Å². The van der Waals surface area contributed by atoms with Crippen molar-refractivity contribution in [2.75, 3.05) is 9.80 Å². The minimum atomic E-state index is -0.222. The van der Waals surface area contributed by atoms with Gasteiger partial charge >= 0.3 is 0 Å². The molecule has 10 rings (SSSR count). The highest BCUT2D eigenvalue weighted by molar-refractivity contribution is 5.97. The van der Waals surface area contributed by atoms with Gasteiger partial charge in [-0.2, -0.15) is 0 Å². The van der Waals surface area contributed by atoms with Crippen LogP contribution < -0.4 is 20.0 Å². The molecule has 274 valence electrons. The molecule has 0 radical (unpaired) electrons. The monoisotopic (exact) mass is 738 g/mol. The van der Waals surface area contributed by atoms with Gasteiger partial charge in [0, 0.05) is 34.2 Å². The summed E-state index contributed by atoms with van der Waals surface area (Å²) in [5.41, 5.74) is 13.3. The van der Waals surface area contributed by atoms with Crippen molar-refractivity contribution in [2.45, 2.75) is 19.3 Å². The van der Waals surface area contributed by atoms with Crippen LogP contribution in [-0.4, -0.2) is 0 Å². The van der Waals surface area contributed by atoms with E-state index < -0.39 is 0 Å². The van der Waals surface area contributed by atoms with Gasteiger partial charge in [-0.25, -0.2) is 0 Å². The number of para-hydroxylation sites is 2. The van der Waals surface area contributed by atoms with Gasteiger partial charge in [0.2, 0.25) is 5.43 Å². The molecule has 0 saturated heterocycles. The Kier molecular flexibility index (Phi) is 7.87. The Bertz CT molecular complexity index is 3030. The Labute approximate surface area is 331 Å². The summed E-state index contributed by atoms with van der Waals surface area (Å²) in [6.07, 6.45) is 5.58. The van der Waals surface area contributed by atoms with E-state index in [0.29, 0.717) is 27.7 Å². The SMILES string of the molecule is C=C/C=C(\C=C)c1ccc(N(c2ccccc2)c2ccc3c(c2)Oc2cc4c(cc2N3c2ccc3oc5ccccc5c(=O)c3c2)C(C)(C)c2ccccc2-4)cc1. The summed E-state index contributed by atoms with van der Waals surface area (Å²) in [5.74, 6) is 1.43. The van der Waals surface area contributed by atoms with Gasteiger partial charge in [0.05, 0.1) is 22.1 Å². The highest BCUT2D eigenvalue weighted by Gasteiger charge is 2.38. The highest BCUT2D eigenvalue weighted by atomic mass is 16.5. The molecule has 0 bridgehead atoms. The van der Waals surface area contributed by atoms with Crippen LogP contribution in [0.2, 0.25) is 0 Å². The molecule has 57 heavy (non-hydrogen) atoms. The summed E-state index contributed by atoms with van der Waals surface area (Å²) in [5, 5.41) is 1.07. The van der Waals surface area contributed by atoms with Gasteiger partial charge in [-0.15, -0.1) is 0 Å². The normalized spacial score (nSPS) is 13.6. The molecule has 0 fully saturated rings. The topological polar surface area (TPSA) is 45.9 Å². The van der Waals surface area contributed by atoms with Crippen molar-refractivity contribution >= 4 is 61.6 Å². The van der Waals surface area contributed by atoms with E-state index in [4.69, 9.17) is 9.15 Å². The second-order valence-electron chi connectivity index (χ2n) is 15.0. The van der Waals surface area contributed by atoms with Crippen molar-refractivity contribution in [3.63, 3.8) is 0 Å². The summed E-state index contributed by atoms with van der Waals surface area (Å²) >= 11 is 0. The molecule has 8 aromatic rings. The van der Waals surface area contributed by atoms with Crippen molar-refractivity contribution in [3.05, 3.63) is 210 Å². The van der Waals surface area contributed by atoms with Crippen molar-refractivity contribution < 1.29 is 9.15 Å². The van der Waals surface area contributed by atoms with E-state index in [2.05, 4.69) is 128 Å². The summed E-state index contributed by atoms with van der Waals surface area (Å²) in [7, 11) is 0. The molecule has 0 amide bonds. The number of benzene rings is 7. The van der Waals surface area contributed by atoms with Crippen molar-refractivity contribution in [1.29, 1.82) is 0 Å². The van der Waals surface area contributed by atoms with Crippen molar-refractivity contribution in [1.82, 2.24) is 0 Å². The maximum atomic E-state index is 14.0. The summed E-state index contributed by atoms with van der Waals surface area (Å²) < 4.78 is 13.2. The predicted octanol–water partition coefficient (Wildman–Crippen LogP) is 14.1. The number of ether oxygens (including phenoxy) is 1. The van der Waals surface area contributed by atoms with Crippen LogP contribution >= 0.6 is 0 Å². The summed E-state index contributed by atoms with van der Waals surface area (Å²) in [4.78, 5) is 18.4. The fourth-order valence-corrected chi connectivity index (χ4v) is 8.57. The fourth-order valence-electron chi connectivity index (χ4n) is 8.57. The lowest BCUT2D eigenvalue weighted by Gasteiger charge is -2.35. The first-order valence-corrected chi connectivity index (χ1v) is 19.1. The van der Waals surface area contributed by atoms with E-state index in [1.54, 1.807) is 6.08 Å². The Morgan fingerprint density at radius 2 is 1.33 bits per heavy atom. The number of fused-ring (bicyclic) bond motifs is 7. The molecule has 0 atom stereocenters. The predicted molar refractivity (Wildman–Crippen MR) is 235 cm³/mol. The van der Waals surface area contributed by atoms with Crippen LogP contribution in [-0.2, 0) is 5.41 Å². The third kappa shape index (κ3) is 5.42. The molecule has 1 aliphatic carbocycles.